The van der Waals surface area contributed by atoms with Gasteiger partial charge in [0.1, 0.15) is 0 Å². The van der Waals surface area contributed by atoms with Gasteiger partial charge in [-0.3, -0.25) is 9.78 Å². The van der Waals surface area contributed by atoms with E-state index in [1.165, 1.54) is 5.56 Å². The van der Waals surface area contributed by atoms with Crippen molar-refractivity contribution in [2.75, 3.05) is 18.0 Å². The van der Waals surface area contributed by atoms with E-state index in [9.17, 15) is 9.90 Å². The highest BCUT2D eigenvalue weighted by Gasteiger charge is 2.36. The lowest BCUT2D eigenvalue weighted by Crippen LogP contribution is -2.45. The maximum absolute atomic E-state index is 12.7. The van der Waals surface area contributed by atoms with E-state index in [1.54, 1.807) is 6.20 Å². The van der Waals surface area contributed by atoms with Gasteiger partial charge < -0.3 is 15.3 Å². The zero-order valence-corrected chi connectivity index (χ0v) is 14.1. The molecule has 0 spiro atoms. The van der Waals surface area contributed by atoms with Crippen LogP contribution >= 0.6 is 0 Å². The number of nitrogens with one attached hydrogen (secondary N) is 1. The zero-order valence-electron chi connectivity index (χ0n) is 14.1. The van der Waals surface area contributed by atoms with Crippen molar-refractivity contribution >= 4 is 11.6 Å². The SMILES string of the molecule is O=C(CN1CCc2ccccc21)N[C@H](c1ccccn1)C1CC(O)C1. The van der Waals surface area contributed by atoms with Gasteiger partial charge in [-0.25, -0.2) is 0 Å². The van der Waals surface area contributed by atoms with Crippen LogP contribution in [0.1, 0.15) is 30.1 Å². The summed E-state index contributed by atoms with van der Waals surface area (Å²) in [6.07, 6.45) is 3.92. The fourth-order valence-corrected chi connectivity index (χ4v) is 3.86. The number of pyridine rings is 1. The van der Waals surface area contributed by atoms with E-state index in [0.717, 1.165) is 24.3 Å². The number of nitrogens with zero attached hydrogens (tertiary/aromatic N) is 2. The van der Waals surface area contributed by atoms with Crippen LogP contribution in [0.5, 0.6) is 0 Å². The zero-order chi connectivity index (χ0) is 17.2. The van der Waals surface area contributed by atoms with Crippen molar-refractivity contribution in [2.45, 2.75) is 31.4 Å². The van der Waals surface area contributed by atoms with E-state index in [0.29, 0.717) is 19.4 Å². The Kier molecular flexibility index (Phi) is 4.40. The molecule has 2 aliphatic rings. The highest BCUT2D eigenvalue weighted by Crippen LogP contribution is 2.37. The largest absolute Gasteiger partial charge is 0.393 e. The number of amides is 1. The number of carbonyl (C=O) groups is 1. The van der Waals surface area contributed by atoms with Crippen LogP contribution in [0.25, 0.3) is 0 Å². The minimum atomic E-state index is -0.251. The molecule has 2 heterocycles. The topological polar surface area (TPSA) is 65.5 Å². The summed E-state index contributed by atoms with van der Waals surface area (Å²) in [6.45, 7) is 1.23. The molecule has 25 heavy (non-hydrogen) atoms. The first-order valence-electron chi connectivity index (χ1n) is 8.92. The first-order chi connectivity index (χ1) is 12.2. The first-order valence-corrected chi connectivity index (χ1v) is 8.92. The van der Waals surface area contributed by atoms with Crippen LogP contribution in [-0.2, 0) is 11.2 Å². The van der Waals surface area contributed by atoms with Crippen LogP contribution in [0.3, 0.4) is 0 Å². The number of hydrogen-bond acceptors (Lipinski definition) is 4. The number of para-hydroxylation sites is 1. The van der Waals surface area contributed by atoms with Gasteiger partial charge in [-0.1, -0.05) is 24.3 Å². The number of benzene rings is 1. The number of rotatable bonds is 5. The summed E-state index contributed by atoms with van der Waals surface area (Å²) in [7, 11) is 0. The summed E-state index contributed by atoms with van der Waals surface area (Å²) in [5.41, 5.74) is 3.33. The Bertz CT molecular complexity index is 744. The molecule has 0 bridgehead atoms. The second-order valence-corrected chi connectivity index (χ2v) is 6.99. The third-order valence-corrected chi connectivity index (χ3v) is 5.26. The molecule has 1 atom stereocenters. The average molecular weight is 337 g/mol. The lowest BCUT2D eigenvalue weighted by Gasteiger charge is -2.38. The number of aromatic nitrogens is 1. The molecule has 1 aliphatic heterocycles. The van der Waals surface area contributed by atoms with Crippen LogP contribution in [0.4, 0.5) is 5.69 Å². The smallest absolute Gasteiger partial charge is 0.240 e. The van der Waals surface area contributed by atoms with Crippen molar-refractivity contribution in [1.82, 2.24) is 10.3 Å². The van der Waals surface area contributed by atoms with Gasteiger partial charge in [0.05, 0.1) is 24.4 Å². The maximum atomic E-state index is 12.7. The molecule has 5 heteroatoms. The molecule has 1 amide bonds. The molecule has 130 valence electrons. The molecular formula is C20H23N3O2. The van der Waals surface area contributed by atoms with Gasteiger partial charge >= 0.3 is 0 Å². The number of hydrogen-bond donors (Lipinski definition) is 2. The summed E-state index contributed by atoms with van der Waals surface area (Å²) in [5.74, 6) is 0.258. The summed E-state index contributed by atoms with van der Waals surface area (Å²) < 4.78 is 0. The predicted octanol–water partition coefficient (Wildman–Crippen LogP) is 2.07. The first kappa shape index (κ1) is 16.1. The number of aliphatic hydroxyl groups is 1. The predicted molar refractivity (Wildman–Crippen MR) is 96.2 cm³/mol. The standard InChI is InChI=1S/C20H23N3O2/c24-16-11-15(12-16)20(17-6-3-4-9-21-17)22-19(25)13-23-10-8-14-5-1-2-7-18(14)23/h1-7,9,15-16,20,24H,8,10-13H2,(H,22,25)/t15?,16?,20-/m0/s1. The van der Waals surface area contributed by atoms with E-state index in [2.05, 4.69) is 27.3 Å². The van der Waals surface area contributed by atoms with Crippen molar-refractivity contribution in [3.8, 4) is 0 Å². The van der Waals surface area contributed by atoms with E-state index < -0.39 is 0 Å². The van der Waals surface area contributed by atoms with E-state index in [4.69, 9.17) is 0 Å². The number of fused-ring (bicyclic) bond motifs is 1. The molecule has 1 saturated carbocycles. The molecule has 5 nitrogen and oxygen atoms in total. The Morgan fingerprint density at radius 3 is 2.80 bits per heavy atom. The van der Waals surface area contributed by atoms with E-state index >= 15 is 0 Å². The molecule has 0 unspecified atom stereocenters. The van der Waals surface area contributed by atoms with Crippen molar-refractivity contribution in [3.63, 3.8) is 0 Å². The number of anilines is 1. The molecule has 1 aliphatic carbocycles. The average Bonchev–Trinajstić information content (AvgIpc) is 3.01. The Balaban J connectivity index is 1.44. The molecule has 1 aromatic heterocycles. The van der Waals surface area contributed by atoms with Crippen LogP contribution in [-0.4, -0.2) is 35.2 Å². The summed E-state index contributed by atoms with van der Waals surface area (Å²) >= 11 is 0. The van der Waals surface area contributed by atoms with Gasteiger partial charge in [-0.15, -0.1) is 0 Å². The fraction of sp³-hybridized carbons (Fsp3) is 0.400. The van der Waals surface area contributed by atoms with E-state index in [1.807, 2.05) is 30.3 Å². The highest BCUT2D eigenvalue weighted by molar-refractivity contribution is 5.82. The lowest BCUT2D eigenvalue weighted by atomic mass is 9.76. The van der Waals surface area contributed by atoms with Crippen LogP contribution in [0, 0.1) is 5.92 Å². The second-order valence-electron chi connectivity index (χ2n) is 6.99. The van der Waals surface area contributed by atoms with E-state index in [-0.39, 0.29) is 24.0 Å². The monoisotopic (exact) mass is 337 g/mol. The third-order valence-electron chi connectivity index (χ3n) is 5.26. The molecule has 2 aromatic rings. The summed E-state index contributed by atoms with van der Waals surface area (Å²) in [4.78, 5) is 19.2. The number of carbonyl (C=O) groups excluding carboxylic acids is 1. The Morgan fingerprint density at radius 1 is 1.24 bits per heavy atom. The third kappa shape index (κ3) is 3.37. The highest BCUT2D eigenvalue weighted by atomic mass is 16.3. The quantitative estimate of drug-likeness (QED) is 0.877. The Hall–Kier alpha value is -2.40. The lowest BCUT2D eigenvalue weighted by molar-refractivity contribution is -0.121. The maximum Gasteiger partial charge on any atom is 0.240 e. The van der Waals surface area contributed by atoms with Crippen LogP contribution < -0.4 is 10.2 Å². The fourth-order valence-electron chi connectivity index (χ4n) is 3.86. The molecule has 2 N–H and O–H groups in total. The van der Waals surface area contributed by atoms with Crippen molar-refractivity contribution in [2.24, 2.45) is 5.92 Å². The van der Waals surface area contributed by atoms with Crippen molar-refractivity contribution in [1.29, 1.82) is 0 Å². The van der Waals surface area contributed by atoms with Crippen molar-refractivity contribution < 1.29 is 9.90 Å². The van der Waals surface area contributed by atoms with Gasteiger partial charge in [0.15, 0.2) is 0 Å². The van der Waals surface area contributed by atoms with Crippen LogP contribution in [0.15, 0.2) is 48.7 Å². The van der Waals surface area contributed by atoms with Crippen molar-refractivity contribution in [3.05, 3.63) is 59.9 Å². The normalized spacial score (nSPS) is 22.8. The van der Waals surface area contributed by atoms with Gasteiger partial charge in [0, 0.05) is 18.4 Å². The Labute approximate surface area is 147 Å². The molecule has 0 saturated heterocycles. The minimum Gasteiger partial charge on any atom is -0.393 e. The van der Waals surface area contributed by atoms with Gasteiger partial charge in [0.25, 0.3) is 0 Å². The molecule has 0 radical (unpaired) electrons. The van der Waals surface area contributed by atoms with Crippen LogP contribution in [0.2, 0.25) is 0 Å². The van der Waals surface area contributed by atoms with Gasteiger partial charge in [0.2, 0.25) is 5.91 Å². The second kappa shape index (κ2) is 6.84. The minimum absolute atomic E-state index is 0.00810. The molecule has 1 fully saturated rings. The summed E-state index contributed by atoms with van der Waals surface area (Å²) in [5, 5.41) is 12.8. The molecular weight excluding hydrogens is 314 g/mol. The summed E-state index contributed by atoms with van der Waals surface area (Å²) in [6, 6.07) is 13.9. The molecule has 4 rings (SSSR count). The van der Waals surface area contributed by atoms with Gasteiger partial charge in [-0.2, -0.15) is 0 Å². The van der Waals surface area contributed by atoms with Gasteiger partial charge in [-0.05, 0) is 48.9 Å². The Morgan fingerprint density at radius 2 is 2.04 bits per heavy atom. The molecule has 1 aromatic carbocycles. The number of aliphatic hydroxyl groups excluding tert-OH is 1.